The highest BCUT2D eigenvalue weighted by Gasteiger charge is 2.13. The fourth-order valence-corrected chi connectivity index (χ4v) is 3.39. The van der Waals surface area contributed by atoms with Gasteiger partial charge in [-0.3, -0.25) is 4.98 Å². The lowest BCUT2D eigenvalue weighted by atomic mass is 10.1. The van der Waals surface area contributed by atoms with Crippen LogP contribution in [0.5, 0.6) is 5.75 Å². The Hall–Kier alpha value is -2.96. The van der Waals surface area contributed by atoms with E-state index in [2.05, 4.69) is 9.97 Å². The van der Waals surface area contributed by atoms with Gasteiger partial charge in [0.05, 0.1) is 23.6 Å². The molecule has 0 saturated carbocycles. The van der Waals surface area contributed by atoms with E-state index in [0.29, 0.717) is 24.0 Å². The van der Waals surface area contributed by atoms with Crippen molar-refractivity contribution < 1.29 is 9.47 Å². The van der Waals surface area contributed by atoms with Gasteiger partial charge in [-0.2, -0.15) is 0 Å². The SMILES string of the molecule is COCc1cncc(Cl)c1COc1cccc2c(-n3ccnc3)cc(C)nc12. The maximum atomic E-state index is 6.34. The summed E-state index contributed by atoms with van der Waals surface area (Å²) in [5, 5.41) is 1.54. The molecule has 0 fully saturated rings. The van der Waals surface area contributed by atoms with Gasteiger partial charge >= 0.3 is 0 Å². The monoisotopic (exact) mass is 394 g/mol. The van der Waals surface area contributed by atoms with Crippen molar-refractivity contribution in [1.82, 2.24) is 19.5 Å². The van der Waals surface area contributed by atoms with Crippen LogP contribution in [0.15, 0.2) is 55.4 Å². The first-order chi connectivity index (χ1) is 13.7. The fraction of sp³-hybridized carbons (Fsp3) is 0.190. The Bertz CT molecular complexity index is 1110. The maximum absolute atomic E-state index is 6.34. The van der Waals surface area contributed by atoms with Crippen molar-refractivity contribution in [3.05, 3.63) is 77.2 Å². The number of fused-ring (bicyclic) bond motifs is 1. The Morgan fingerprint density at radius 1 is 1.14 bits per heavy atom. The van der Waals surface area contributed by atoms with Crippen molar-refractivity contribution in [2.45, 2.75) is 20.1 Å². The number of imidazole rings is 1. The van der Waals surface area contributed by atoms with E-state index >= 15 is 0 Å². The molecule has 1 aromatic carbocycles. The smallest absolute Gasteiger partial charge is 0.146 e. The summed E-state index contributed by atoms with van der Waals surface area (Å²) < 4.78 is 13.4. The lowest BCUT2D eigenvalue weighted by Gasteiger charge is -2.15. The van der Waals surface area contributed by atoms with Crippen molar-refractivity contribution in [3.8, 4) is 11.4 Å². The number of hydrogen-bond acceptors (Lipinski definition) is 5. The number of methoxy groups -OCH3 is 1. The Balaban J connectivity index is 1.73. The zero-order valence-electron chi connectivity index (χ0n) is 15.6. The zero-order chi connectivity index (χ0) is 19.5. The normalized spacial score (nSPS) is 11.1. The van der Waals surface area contributed by atoms with Crippen LogP contribution in [0, 0.1) is 6.92 Å². The summed E-state index contributed by atoms with van der Waals surface area (Å²) in [6, 6.07) is 7.93. The van der Waals surface area contributed by atoms with Gasteiger partial charge in [-0.05, 0) is 19.1 Å². The number of hydrogen-bond donors (Lipinski definition) is 0. The summed E-state index contributed by atoms with van der Waals surface area (Å²) >= 11 is 6.34. The first-order valence-corrected chi connectivity index (χ1v) is 9.17. The summed E-state index contributed by atoms with van der Waals surface area (Å²) in [7, 11) is 1.64. The van der Waals surface area contributed by atoms with Gasteiger partial charge in [-0.15, -0.1) is 0 Å². The molecule has 0 bridgehead atoms. The van der Waals surface area contributed by atoms with E-state index in [0.717, 1.165) is 33.4 Å². The van der Waals surface area contributed by atoms with Crippen LogP contribution in [0.2, 0.25) is 5.02 Å². The number of aromatic nitrogens is 4. The molecule has 4 rings (SSSR count). The molecule has 0 radical (unpaired) electrons. The van der Waals surface area contributed by atoms with E-state index in [1.54, 1.807) is 32.0 Å². The zero-order valence-corrected chi connectivity index (χ0v) is 16.3. The third-order valence-corrected chi connectivity index (χ3v) is 4.78. The first-order valence-electron chi connectivity index (χ1n) is 8.79. The van der Waals surface area contributed by atoms with Crippen LogP contribution in [0.4, 0.5) is 0 Å². The van der Waals surface area contributed by atoms with E-state index in [4.69, 9.17) is 26.1 Å². The average molecular weight is 395 g/mol. The van der Waals surface area contributed by atoms with Crippen molar-refractivity contribution in [3.63, 3.8) is 0 Å². The molecule has 28 heavy (non-hydrogen) atoms. The maximum Gasteiger partial charge on any atom is 0.146 e. The molecule has 4 aromatic rings. The summed E-state index contributed by atoms with van der Waals surface area (Å²) in [4.78, 5) is 13.0. The number of nitrogens with zero attached hydrogens (tertiary/aromatic N) is 4. The van der Waals surface area contributed by atoms with Crippen LogP contribution < -0.4 is 4.74 Å². The van der Waals surface area contributed by atoms with Gasteiger partial charge in [0, 0.05) is 54.1 Å². The number of pyridine rings is 2. The fourth-order valence-electron chi connectivity index (χ4n) is 3.15. The quantitative estimate of drug-likeness (QED) is 0.481. The summed E-state index contributed by atoms with van der Waals surface area (Å²) in [5.41, 5.74) is 4.46. The van der Waals surface area contributed by atoms with Crippen LogP contribution in [-0.4, -0.2) is 26.6 Å². The Morgan fingerprint density at radius 2 is 2.04 bits per heavy atom. The van der Waals surface area contributed by atoms with Crippen LogP contribution in [0.3, 0.4) is 0 Å². The van der Waals surface area contributed by atoms with E-state index in [1.807, 2.05) is 42.0 Å². The molecule has 3 heterocycles. The Labute approximate surface area is 167 Å². The van der Waals surface area contributed by atoms with Gasteiger partial charge in [0.15, 0.2) is 0 Å². The molecule has 6 nitrogen and oxygen atoms in total. The second-order valence-electron chi connectivity index (χ2n) is 6.39. The highest BCUT2D eigenvalue weighted by molar-refractivity contribution is 6.31. The number of aryl methyl sites for hydroxylation is 1. The summed E-state index contributed by atoms with van der Waals surface area (Å²) in [5.74, 6) is 0.693. The lowest BCUT2D eigenvalue weighted by molar-refractivity contribution is 0.182. The van der Waals surface area contributed by atoms with E-state index < -0.39 is 0 Å². The number of benzene rings is 1. The second kappa shape index (κ2) is 7.96. The molecular formula is C21H19ClN4O2. The van der Waals surface area contributed by atoms with Crippen molar-refractivity contribution in [2.24, 2.45) is 0 Å². The van der Waals surface area contributed by atoms with Gasteiger partial charge in [0.2, 0.25) is 0 Å². The predicted molar refractivity (Wildman–Crippen MR) is 108 cm³/mol. The van der Waals surface area contributed by atoms with Crippen LogP contribution in [0.25, 0.3) is 16.6 Å². The van der Waals surface area contributed by atoms with Gasteiger partial charge in [-0.1, -0.05) is 23.7 Å². The molecule has 0 N–H and O–H groups in total. The highest BCUT2D eigenvalue weighted by Crippen LogP contribution is 2.30. The first kappa shape index (κ1) is 18.4. The van der Waals surface area contributed by atoms with E-state index in [-0.39, 0.29) is 0 Å². The van der Waals surface area contributed by atoms with Crippen molar-refractivity contribution in [2.75, 3.05) is 7.11 Å². The van der Waals surface area contributed by atoms with Crippen LogP contribution in [0.1, 0.15) is 16.8 Å². The molecule has 0 unspecified atom stereocenters. The Kier molecular flexibility index (Phi) is 5.23. The van der Waals surface area contributed by atoms with E-state index in [1.165, 1.54) is 0 Å². The van der Waals surface area contributed by atoms with Crippen LogP contribution in [-0.2, 0) is 18.0 Å². The molecule has 3 aromatic heterocycles. The third kappa shape index (κ3) is 3.56. The van der Waals surface area contributed by atoms with Gasteiger partial charge in [0.25, 0.3) is 0 Å². The number of para-hydroxylation sites is 1. The van der Waals surface area contributed by atoms with Gasteiger partial charge < -0.3 is 14.0 Å². The largest absolute Gasteiger partial charge is 0.487 e. The lowest BCUT2D eigenvalue weighted by Crippen LogP contribution is -2.04. The molecule has 0 aliphatic heterocycles. The molecule has 142 valence electrons. The Morgan fingerprint density at radius 3 is 2.82 bits per heavy atom. The number of rotatable bonds is 6. The van der Waals surface area contributed by atoms with E-state index in [9.17, 15) is 0 Å². The number of ether oxygens (including phenoxy) is 2. The third-order valence-electron chi connectivity index (χ3n) is 4.46. The minimum Gasteiger partial charge on any atom is -0.487 e. The molecule has 0 atom stereocenters. The molecule has 0 aliphatic rings. The molecule has 0 amide bonds. The molecule has 0 spiro atoms. The molecule has 7 heteroatoms. The molecular weight excluding hydrogens is 376 g/mol. The molecule has 0 saturated heterocycles. The molecule has 0 aliphatic carbocycles. The highest BCUT2D eigenvalue weighted by atomic mass is 35.5. The summed E-state index contributed by atoms with van der Waals surface area (Å²) in [6.45, 7) is 2.69. The standard InChI is InChI=1S/C21H19ClN4O2/c1-14-8-19(26-7-6-23-13-26)16-4-3-5-20(21(16)25-14)28-12-17-15(11-27-2)9-24-10-18(17)22/h3-10,13H,11-12H2,1-2H3. The van der Waals surface area contributed by atoms with Crippen molar-refractivity contribution >= 4 is 22.5 Å². The minimum atomic E-state index is 0.301. The number of halogens is 1. The topological polar surface area (TPSA) is 62.1 Å². The predicted octanol–water partition coefficient (Wildman–Crippen LogP) is 4.50. The van der Waals surface area contributed by atoms with Gasteiger partial charge in [-0.25, -0.2) is 9.97 Å². The van der Waals surface area contributed by atoms with Crippen LogP contribution >= 0.6 is 11.6 Å². The minimum absolute atomic E-state index is 0.301. The van der Waals surface area contributed by atoms with Gasteiger partial charge in [0.1, 0.15) is 17.9 Å². The second-order valence-corrected chi connectivity index (χ2v) is 6.79. The summed E-state index contributed by atoms with van der Waals surface area (Å²) in [6.07, 6.45) is 8.80. The average Bonchev–Trinajstić information content (AvgIpc) is 3.22. The van der Waals surface area contributed by atoms with Crippen molar-refractivity contribution in [1.29, 1.82) is 0 Å².